The molecule has 0 bridgehead atoms. The molecular weight excluding hydrogens is 1780 g/mol. The van der Waals surface area contributed by atoms with Gasteiger partial charge in [0.1, 0.15) is 23.0 Å². The number of hydrogen-bond acceptors (Lipinski definition) is 12. The largest absolute Gasteiger partial charge is 0.506 e. The van der Waals surface area contributed by atoms with Crippen LogP contribution in [0.4, 0.5) is 0 Å². The van der Waals surface area contributed by atoms with E-state index in [4.69, 9.17) is 41.9 Å². The van der Waals surface area contributed by atoms with Crippen molar-refractivity contribution in [1.29, 1.82) is 0 Å². The van der Waals surface area contributed by atoms with Crippen LogP contribution in [0.5, 0.6) is 34.5 Å². The zero-order valence-corrected chi connectivity index (χ0v) is 51.8. The number of carbonyl (C=O) groups is 4. The fourth-order valence-electron chi connectivity index (χ4n) is 5.91. The average Bonchev–Trinajstić information content (AvgIpc) is 3.18. The van der Waals surface area contributed by atoms with Crippen molar-refractivity contribution < 1.29 is 48.3 Å². The second-order valence-electron chi connectivity index (χ2n) is 13.7. The Morgan fingerprint density at radius 1 is 0.547 bits per heavy atom. The van der Waals surface area contributed by atoms with E-state index in [0.29, 0.717) is 82.1 Å². The van der Waals surface area contributed by atoms with Crippen molar-refractivity contribution in [3.05, 3.63) is 88.2 Å². The molecule has 24 heteroatoms. The third kappa shape index (κ3) is 16.6. The van der Waals surface area contributed by atoms with Crippen LogP contribution >= 0.6 is 206 Å². The van der Waals surface area contributed by atoms with Crippen LogP contribution in [-0.4, -0.2) is 72.1 Å². The van der Waals surface area contributed by atoms with Gasteiger partial charge in [-0.3, -0.25) is 19.2 Å². The number of Topliss-reactive ketones (excluding diaryl/α,β-unsaturated/α-hetero) is 2. The highest BCUT2D eigenvalue weighted by atomic mass is 127. The molecule has 14 nitrogen and oxygen atoms in total. The lowest BCUT2D eigenvalue weighted by Gasteiger charge is -2.32. The minimum absolute atomic E-state index is 0. The molecule has 4 aromatic rings. The Morgan fingerprint density at radius 2 is 0.891 bits per heavy atom. The molecule has 0 saturated heterocycles. The number of rotatable bonds is 23. The summed E-state index contributed by atoms with van der Waals surface area (Å²) in [5.74, 6) is -1.07. The molecule has 0 saturated carbocycles. The average molecular weight is 1820 g/mol. The molecule has 4 aromatic carbocycles. The van der Waals surface area contributed by atoms with Gasteiger partial charge in [0.05, 0.1) is 53.9 Å². The molecule has 2 atom stereocenters. The Hall–Kier alpha value is 0.620. The maximum absolute atomic E-state index is 14.5. The number of hydrogen-bond donors (Lipinski definition) is 6. The molecule has 0 radical (unpaired) electrons. The number of amides is 2. The second-order valence-corrected chi connectivity index (χ2v) is 23.0. The molecule has 0 heterocycles. The fourth-order valence-corrected chi connectivity index (χ4v) is 13.6. The lowest BCUT2D eigenvalue weighted by atomic mass is 9.72. The van der Waals surface area contributed by atoms with Crippen LogP contribution in [0.1, 0.15) is 30.4 Å². The van der Waals surface area contributed by atoms with Crippen molar-refractivity contribution in [2.45, 2.75) is 44.2 Å². The summed E-state index contributed by atoms with van der Waals surface area (Å²) in [4.78, 5) is 53.6. The van der Waals surface area contributed by atoms with Crippen LogP contribution < -0.4 is 32.4 Å². The van der Waals surface area contributed by atoms with Crippen LogP contribution in [0.3, 0.4) is 0 Å². The molecule has 4 rings (SSSR count). The van der Waals surface area contributed by atoms with Crippen molar-refractivity contribution >= 4 is 229 Å². The first-order valence-corrected chi connectivity index (χ1v) is 26.8. The molecule has 0 unspecified atom stereocenters. The third-order valence-corrected chi connectivity index (χ3v) is 15.5. The topological polar surface area (TPSA) is 250 Å². The van der Waals surface area contributed by atoms with Gasteiger partial charge in [-0.25, -0.2) is 0 Å². The first kappa shape index (κ1) is 60.7. The van der Waals surface area contributed by atoms with Gasteiger partial charge in [-0.15, -0.1) is 24.8 Å². The highest BCUT2D eigenvalue weighted by Crippen LogP contribution is 2.39. The lowest BCUT2D eigenvalue weighted by Crippen LogP contribution is -2.62. The van der Waals surface area contributed by atoms with Crippen LogP contribution in [-0.2, 0) is 41.5 Å². The quantitative estimate of drug-likeness (QED) is 0.0231. The number of aromatic hydroxyl groups is 2. The highest BCUT2D eigenvalue weighted by Gasteiger charge is 2.54. The molecule has 0 aliphatic carbocycles. The third-order valence-electron chi connectivity index (χ3n) is 9.02. The van der Waals surface area contributed by atoms with E-state index in [9.17, 15) is 29.4 Å². The standard InChI is InChI=1S/C40H38I8N4O10.2ClH/c41-22-13-20(14-23(42)33(22)54)61-35-26(45)7-18(8-27(35)46)11-30(49)37(56)40(39(52)58,17-60-5-2-1-4-59-6-3-32(51)53)38(57)31(50)12-19-9-28(47)36(29(48)10-19)62-21-15-24(43)34(55)25(44)16-21;;/h7-10,13-16,30-31,54-55H,1-6,11-12,17,49-50H2,(H2,51,53)(H2,52,58);2*1H/t30-,31-;;/m0../s1. The summed E-state index contributed by atoms with van der Waals surface area (Å²) in [5.41, 5.74) is 23.1. The van der Waals surface area contributed by atoms with Gasteiger partial charge in [0.2, 0.25) is 11.8 Å². The van der Waals surface area contributed by atoms with Gasteiger partial charge in [0, 0.05) is 19.6 Å². The number of phenolic OH excluding ortho intramolecular Hbond substituents is 2. The minimum Gasteiger partial charge on any atom is -0.506 e. The molecule has 0 aromatic heterocycles. The SMILES string of the molecule is Cl.Cl.NC(=O)CCOCCCCOCC(C(N)=O)(C(=O)[C@@H](N)Cc1cc(I)c(Oc2cc(I)c(O)c(I)c2)c(I)c1)C(=O)[C@@H](N)Cc1cc(I)c(Oc2cc(I)c(O)c(I)c2)c(I)c1. The number of halogens is 10. The first-order valence-electron chi connectivity index (χ1n) is 18.2. The number of carbonyl (C=O) groups excluding carboxylic acids is 4. The number of ether oxygens (including phenoxy) is 4. The number of benzene rings is 4. The van der Waals surface area contributed by atoms with Crippen LogP contribution in [0.2, 0.25) is 0 Å². The van der Waals surface area contributed by atoms with Crippen LogP contribution in [0, 0.1) is 34.0 Å². The minimum atomic E-state index is -2.52. The van der Waals surface area contributed by atoms with E-state index in [2.05, 4.69) is 90.4 Å². The number of unbranched alkanes of at least 4 members (excludes halogenated alkanes) is 1. The van der Waals surface area contributed by atoms with E-state index in [1.54, 1.807) is 48.5 Å². The van der Waals surface area contributed by atoms with Crippen LogP contribution in [0.25, 0.3) is 0 Å². The van der Waals surface area contributed by atoms with Gasteiger partial charge in [-0.1, -0.05) is 0 Å². The lowest BCUT2D eigenvalue weighted by molar-refractivity contribution is -0.154. The Labute approximate surface area is 491 Å². The van der Waals surface area contributed by atoms with E-state index in [-0.39, 0.29) is 68.8 Å². The molecular formula is C40H40Cl2I8N4O10. The van der Waals surface area contributed by atoms with E-state index >= 15 is 0 Å². The predicted octanol–water partition coefficient (Wildman–Crippen LogP) is 9.10. The maximum Gasteiger partial charge on any atom is 0.241 e. The number of nitrogens with two attached hydrogens (primary N) is 4. The number of ketones is 2. The van der Waals surface area contributed by atoms with Gasteiger partial charge >= 0.3 is 0 Å². The summed E-state index contributed by atoms with van der Waals surface area (Å²) in [7, 11) is 0. The zero-order chi connectivity index (χ0) is 46.1. The zero-order valence-electron chi connectivity index (χ0n) is 32.9. The fraction of sp³-hybridized carbons (Fsp3) is 0.300. The number of primary amides is 2. The summed E-state index contributed by atoms with van der Waals surface area (Å²) < 4.78 is 29.0. The van der Waals surface area contributed by atoms with Gasteiger partial charge in [0.15, 0.2) is 28.5 Å². The monoisotopic (exact) mass is 1820 g/mol. The Morgan fingerprint density at radius 3 is 1.22 bits per heavy atom. The summed E-state index contributed by atoms with van der Waals surface area (Å²) in [6, 6.07) is 11.3. The summed E-state index contributed by atoms with van der Waals surface area (Å²) in [5, 5.41) is 20.4. The summed E-state index contributed by atoms with van der Waals surface area (Å²) in [6.45, 7) is -0.138. The first-order chi connectivity index (χ1) is 29.2. The van der Waals surface area contributed by atoms with E-state index in [1.165, 1.54) is 0 Å². The summed E-state index contributed by atoms with van der Waals surface area (Å²) in [6.07, 6.45) is 0.932. The van der Waals surface area contributed by atoms with Crippen molar-refractivity contribution in [2.24, 2.45) is 28.3 Å². The van der Waals surface area contributed by atoms with Gasteiger partial charge in [-0.2, -0.15) is 0 Å². The van der Waals surface area contributed by atoms with Gasteiger partial charge in [-0.05, 0) is 266 Å². The smallest absolute Gasteiger partial charge is 0.241 e. The van der Waals surface area contributed by atoms with Crippen molar-refractivity contribution in [3.8, 4) is 34.5 Å². The van der Waals surface area contributed by atoms with E-state index in [0.717, 1.165) is 0 Å². The molecule has 2 amide bonds. The van der Waals surface area contributed by atoms with Crippen molar-refractivity contribution in [3.63, 3.8) is 0 Å². The number of phenols is 2. The van der Waals surface area contributed by atoms with E-state index < -0.39 is 47.5 Å². The Kier molecular flexibility index (Phi) is 27.0. The van der Waals surface area contributed by atoms with Crippen molar-refractivity contribution in [1.82, 2.24) is 0 Å². The Balaban J connectivity index is 0.00000704. The summed E-state index contributed by atoms with van der Waals surface area (Å²) >= 11 is 16.6. The normalized spacial score (nSPS) is 12.1. The van der Waals surface area contributed by atoms with Crippen LogP contribution in [0.15, 0.2) is 48.5 Å². The second kappa shape index (κ2) is 28.5. The van der Waals surface area contributed by atoms with Gasteiger partial charge < -0.3 is 52.1 Å². The Bertz CT molecular complexity index is 2120. The molecule has 0 aliphatic heterocycles. The molecule has 10 N–H and O–H groups in total. The highest BCUT2D eigenvalue weighted by molar-refractivity contribution is 14.1. The molecule has 0 fully saturated rings. The molecule has 64 heavy (non-hydrogen) atoms. The van der Waals surface area contributed by atoms with E-state index in [1.807, 2.05) is 90.4 Å². The molecule has 350 valence electrons. The van der Waals surface area contributed by atoms with Crippen molar-refractivity contribution in [2.75, 3.05) is 26.4 Å². The van der Waals surface area contributed by atoms with Gasteiger partial charge in [0.25, 0.3) is 0 Å². The molecule has 0 aliphatic rings. The maximum atomic E-state index is 14.5. The molecule has 0 spiro atoms. The predicted molar refractivity (Wildman–Crippen MR) is 315 cm³/mol.